The third-order valence-corrected chi connectivity index (χ3v) is 11.8. The van der Waals surface area contributed by atoms with Gasteiger partial charge in [-0.1, -0.05) is 57.5 Å². The molecule has 8 nitrogen and oxygen atoms in total. The molecule has 1 aliphatic rings. The highest BCUT2D eigenvalue weighted by molar-refractivity contribution is 7.99. The van der Waals surface area contributed by atoms with Gasteiger partial charge in [0.05, 0.1) is 11.7 Å². The number of benzene rings is 1. The van der Waals surface area contributed by atoms with Crippen molar-refractivity contribution in [2.45, 2.75) is 51.4 Å². The quantitative estimate of drug-likeness (QED) is 0.0904. The predicted molar refractivity (Wildman–Crippen MR) is 184 cm³/mol. The topological polar surface area (TPSA) is 68.0 Å². The maximum Gasteiger partial charge on any atom is 0.167 e. The fourth-order valence-electron chi connectivity index (χ4n) is 4.81. The molecule has 226 valence electrons. The molecule has 42 heavy (non-hydrogen) atoms. The molecule has 4 aromatic rings. The Hall–Kier alpha value is -2.45. The van der Waals surface area contributed by atoms with E-state index in [-0.39, 0.29) is 0 Å². The molecule has 0 unspecified atom stereocenters. The minimum absolute atomic E-state index is 0.443. The summed E-state index contributed by atoms with van der Waals surface area (Å²) in [5.74, 6) is 4.12. The second-order valence-electron chi connectivity index (χ2n) is 13.5. The van der Waals surface area contributed by atoms with Gasteiger partial charge in [0.2, 0.25) is 0 Å². The van der Waals surface area contributed by atoms with Crippen LogP contribution in [0.15, 0.2) is 48.8 Å². The van der Waals surface area contributed by atoms with Crippen LogP contribution < -0.4 is 9.80 Å². The summed E-state index contributed by atoms with van der Waals surface area (Å²) in [7, 11) is -2.40. The van der Waals surface area contributed by atoms with E-state index in [1.165, 1.54) is 0 Å². The Balaban J connectivity index is 1.53. The first-order valence-corrected chi connectivity index (χ1v) is 23.6. The Morgan fingerprint density at radius 3 is 2.21 bits per heavy atom. The molecule has 0 N–H and O–H groups in total. The zero-order valence-corrected chi connectivity index (χ0v) is 28.9. The minimum atomic E-state index is -1.20. The number of para-hydroxylation sites is 1. The SMILES string of the molecule is C[Si](C)(C)CCOCN(COCC[Si](C)(C)C)c1cc(N2CCSCC2)nc2c(-c3cnc4ccccc4c3)cnn12. The molecule has 5 rings (SSSR count). The van der Waals surface area contributed by atoms with E-state index in [1.54, 1.807) is 0 Å². The Kier molecular flexibility index (Phi) is 9.93. The summed E-state index contributed by atoms with van der Waals surface area (Å²) in [6.07, 6.45) is 3.85. The molecular formula is C31H46N6O2SSi2. The zero-order chi connectivity index (χ0) is 29.7. The summed E-state index contributed by atoms with van der Waals surface area (Å²) in [4.78, 5) is 14.5. The van der Waals surface area contributed by atoms with Gasteiger partial charge in [-0.2, -0.15) is 21.4 Å². The maximum absolute atomic E-state index is 6.30. The number of fused-ring (bicyclic) bond motifs is 2. The lowest BCUT2D eigenvalue weighted by molar-refractivity contribution is 0.0942. The van der Waals surface area contributed by atoms with Crippen LogP contribution >= 0.6 is 11.8 Å². The van der Waals surface area contributed by atoms with Crippen LogP contribution in [0.25, 0.3) is 27.7 Å². The van der Waals surface area contributed by atoms with Crippen molar-refractivity contribution in [2.75, 3.05) is 61.1 Å². The van der Waals surface area contributed by atoms with Crippen molar-refractivity contribution in [3.8, 4) is 11.1 Å². The van der Waals surface area contributed by atoms with Crippen LogP contribution in [-0.4, -0.2) is 87.0 Å². The number of hydrogen-bond donors (Lipinski definition) is 0. The Labute approximate surface area is 256 Å². The van der Waals surface area contributed by atoms with Crippen LogP contribution in [0.1, 0.15) is 0 Å². The molecule has 1 aromatic carbocycles. The molecule has 11 heteroatoms. The molecule has 1 saturated heterocycles. The summed E-state index contributed by atoms with van der Waals surface area (Å²) in [5, 5.41) is 5.99. The van der Waals surface area contributed by atoms with E-state index in [0.717, 1.165) is 89.2 Å². The molecule has 4 heterocycles. The lowest BCUT2D eigenvalue weighted by atomic mass is 10.1. The van der Waals surface area contributed by atoms with Crippen molar-refractivity contribution in [3.63, 3.8) is 0 Å². The fraction of sp³-hybridized carbons (Fsp3) is 0.516. The number of aromatic nitrogens is 4. The van der Waals surface area contributed by atoms with Gasteiger partial charge in [-0.25, -0.2) is 4.98 Å². The van der Waals surface area contributed by atoms with E-state index in [1.807, 2.05) is 40.8 Å². The first-order chi connectivity index (χ1) is 20.1. The molecule has 3 aromatic heterocycles. The summed E-state index contributed by atoms with van der Waals surface area (Å²) in [6, 6.07) is 14.8. The number of anilines is 2. The average molecular weight is 623 g/mol. The molecule has 0 radical (unpaired) electrons. The van der Waals surface area contributed by atoms with Crippen molar-refractivity contribution in [3.05, 3.63) is 48.8 Å². The second-order valence-corrected chi connectivity index (χ2v) is 26.0. The molecule has 0 amide bonds. The number of hydrogen-bond acceptors (Lipinski definition) is 8. The van der Waals surface area contributed by atoms with Crippen LogP contribution in [-0.2, 0) is 9.47 Å². The molecule has 0 spiro atoms. The largest absolute Gasteiger partial charge is 0.361 e. The highest BCUT2D eigenvalue weighted by Crippen LogP contribution is 2.31. The van der Waals surface area contributed by atoms with Crippen LogP contribution in [0, 0.1) is 0 Å². The summed E-state index contributed by atoms with van der Waals surface area (Å²) in [5.41, 5.74) is 3.79. The molecule has 1 aliphatic heterocycles. The van der Waals surface area contributed by atoms with Crippen molar-refractivity contribution < 1.29 is 9.47 Å². The van der Waals surface area contributed by atoms with Gasteiger partial charge < -0.3 is 19.3 Å². The lowest BCUT2D eigenvalue weighted by Gasteiger charge is -2.30. The van der Waals surface area contributed by atoms with Gasteiger partial charge >= 0.3 is 0 Å². The molecule has 1 fully saturated rings. The molecular weight excluding hydrogens is 577 g/mol. The van der Waals surface area contributed by atoms with Crippen LogP contribution in [0.4, 0.5) is 11.6 Å². The Bertz CT molecular complexity index is 1460. The number of nitrogens with zero attached hydrogens (tertiary/aromatic N) is 6. The monoisotopic (exact) mass is 622 g/mol. The molecule has 0 atom stereocenters. The van der Waals surface area contributed by atoms with Gasteiger partial charge in [-0.3, -0.25) is 4.98 Å². The van der Waals surface area contributed by atoms with Crippen molar-refractivity contribution >= 4 is 56.1 Å². The maximum atomic E-state index is 6.30. The highest BCUT2D eigenvalue weighted by atomic mass is 32.2. The van der Waals surface area contributed by atoms with E-state index in [4.69, 9.17) is 24.5 Å². The average Bonchev–Trinajstić information content (AvgIpc) is 3.39. The van der Waals surface area contributed by atoms with E-state index in [2.05, 4.69) is 73.3 Å². The van der Waals surface area contributed by atoms with Gasteiger partial charge in [0, 0.05) is 82.7 Å². The number of ether oxygens (including phenoxy) is 2. The summed E-state index contributed by atoms with van der Waals surface area (Å²) >= 11 is 2.00. The van der Waals surface area contributed by atoms with Gasteiger partial charge in [0.15, 0.2) is 5.65 Å². The van der Waals surface area contributed by atoms with E-state index >= 15 is 0 Å². The van der Waals surface area contributed by atoms with E-state index < -0.39 is 16.1 Å². The van der Waals surface area contributed by atoms with E-state index in [0.29, 0.717) is 13.5 Å². The normalized spacial score (nSPS) is 14.7. The first-order valence-electron chi connectivity index (χ1n) is 15.0. The van der Waals surface area contributed by atoms with Gasteiger partial charge in [-0.05, 0) is 24.2 Å². The third-order valence-electron chi connectivity index (χ3n) is 7.49. The lowest BCUT2D eigenvalue weighted by Crippen LogP contribution is -2.35. The van der Waals surface area contributed by atoms with Gasteiger partial charge in [-0.15, -0.1) is 0 Å². The molecule has 0 bridgehead atoms. The molecule has 0 aliphatic carbocycles. The summed E-state index contributed by atoms with van der Waals surface area (Å²) in [6.45, 7) is 18.7. The smallest absolute Gasteiger partial charge is 0.167 e. The van der Waals surface area contributed by atoms with Gasteiger partial charge in [0.25, 0.3) is 0 Å². The van der Waals surface area contributed by atoms with Crippen LogP contribution in [0.2, 0.25) is 51.4 Å². The van der Waals surface area contributed by atoms with Gasteiger partial charge in [0.1, 0.15) is 25.1 Å². The first kappa shape index (κ1) is 31.0. The summed E-state index contributed by atoms with van der Waals surface area (Å²) < 4.78 is 14.6. The van der Waals surface area contributed by atoms with Crippen molar-refractivity contribution in [1.29, 1.82) is 0 Å². The standard InChI is InChI=1S/C31H46N6O2SSi2/c1-41(2,3)17-13-38-23-36(24-39-14-18-42(4,5)6)30-20-29(35-11-15-40-16-12-35)34-31-27(22-33-37(30)31)26-19-25-9-7-8-10-28(25)32-21-26/h7-10,19-22H,11-18,23-24H2,1-6H3. The number of rotatable bonds is 13. The Morgan fingerprint density at radius 1 is 0.881 bits per heavy atom. The number of pyridine rings is 1. The third kappa shape index (κ3) is 8.13. The van der Waals surface area contributed by atoms with Crippen molar-refractivity contribution in [2.24, 2.45) is 0 Å². The second kappa shape index (κ2) is 13.5. The highest BCUT2D eigenvalue weighted by Gasteiger charge is 2.22. The van der Waals surface area contributed by atoms with E-state index in [9.17, 15) is 0 Å². The van der Waals surface area contributed by atoms with Crippen LogP contribution in [0.5, 0.6) is 0 Å². The fourth-order valence-corrected chi connectivity index (χ4v) is 7.23. The minimum Gasteiger partial charge on any atom is -0.361 e. The number of thioether (sulfide) groups is 1. The molecule has 0 saturated carbocycles. The predicted octanol–water partition coefficient (Wildman–Crippen LogP) is 6.93. The Morgan fingerprint density at radius 2 is 1.55 bits per heavy atom. The van der Waals surface area contributed by atoms with Crippen molar-refractivity contribution in [1.82, 2.24) is 19.6 Å². The zero-order valence-electron chi connectivity index (χ0n) is 26.1. The van der Waals surface area contributed by atoms with Crippen LogP contribution in [0.3, 0.4) is 0 Å².